The number of benzene rings is 2. The van der Waals surface area contributed by atoms with Crippen LogP contribution < -0.4 is 11.5 Å². The number of aromatic amines is 1. The summed E-state index contributed by atoms with van der Waals surface area (Å²) in [5.74, 6) is 0.131. The normalized spacial score (nSPS) is 10.4. The van der Waals surface area contributed by atoms with Crippen LogP contribution in [0.4, 0.5) is 0 Å². The molecule has 3 aromatic rings. The summed E-state index contributed by atoms with van der Waals surface area (Å²) in [5, 5.41) is 14.8. The van der Waals surface area contributed by atoms with Gasteiger partial charge in [-0.25, -0.2) is 0 Å². The summed E-state index contributed by atoms with van der Waals surface area (Å²) >= 11 is 0. The average Bonchev–Trinajstić information content (AvgIpc) is 3.05. The molecule has 7 N–H and O–H groups in total. The molecule has 0 aliphatic rings. The molecule has 5 nitrogen and oxygen atoms in total. The van der Waals surface area contributed by atoms with E-state index < -0.39 is 0 Å². The lowest BCUT2D eigenvalue weighted by molar-refractivity contribution is 1.39. The number of aromatic nitrogens is 1. The number of H-pyrrole nitrogens is 1. The fraction of sp³-hybridized carbons (Fsp3) is 0. The van der Waals surface area contributed by atoms with Crippen molar-refractivity contribution in [3.05, 3.63) is 71.9 Å². The van der Waals surface area contributed by atoms with Gasteiger partial charge in [-0.3, -0.25) is 10.8 Å². The number of nitrogen functional groups attached to an aromatic ring is 2. The molecule has 0 atom stereocenters. The van der Waals surface area contributed by atoms with E-state index in [9.17, 15) is 0 Å². The second-order valence-electron chi connectivity index (χ2n) is 5.28. The quantitative estimate of drug-likeness (QED) is 0.376. The summed E-state index contributed by atoms with van der Waals surface area (Å²) in [4.78, 5) is 3.25. The summed E-state index contributed by atoms with van der Waals surface area (Å²) in [6.45, 7) is 0. The molecule has 114 valence electrons. The highest BCUT2D eigenvalue weighted by Gasteiger charge is 2.05. The van der Waals surface area contributed by atoms with Gasteiger partial charge in [0.25, 0.3) is 0 Å². The molecular weight excluding hydrogens is 286 g/mol. The number of nitrogens with two attached hydrogens (primary N) is 2. The van der Waals surface area contributed by atoms with Gasteiger partial charge in [-0.05, 0) is 22.8 Å². The Morgan fingerprint density at radius 2 is 1.17 bits per heavy atom. The zero-order valence-corrected chi connectivity index (χ0v) is 12.4. The SMILES string of the molecule is N=C(N)c1ccc(-c2c[nH]c(-c3ccc(C(=N)N)cc3)c2)cc1. The minimum absolute atomic E-state index is 0.0642. The molecule has 1 heterocycles. The maximum absolute atomic E-state index is 7.42. The fourth-order valence-electron chi connectivity index (χ4n) is 2.40. The second-order valence-corrected chi connectivity index (χ2v) is 5.28. The summed E-state index contributed by atoms with van der Waals surface area (Å²) in [6, 6.07) is 17.2. The Balaban J connectivity index is 1.87. The van der Waals surface area contributed by atoms with Crippen LogP contribution in [0, 0.1) is 10.8 Å². The van der Waals surface area contributed by atoms with E-state index in [0.717, 1.165) is 22.4 Å². The Morgan fingerprint density at radius 3 is 1.65 bits per heavy atom. The molecule has 0 amide bonds. The number of amidine groups is 2. The summed E-state index contributed by atoms with van der Waals surface area (Å²) in [6.07, 6.45) is 1.94. The van der Waals surface area contributed by atoms with Crippen LogP contribution in [0.1, 0.15) is 11.1 Å². The van der Waals surface area contributed by atoms with Crippen molar-refractivity contribution < 1.29 is 0 Å². The molecule has 23 heavy (non-hydrogen) atoms. The average molecular weight is 303 g/mol. The molecule has 0 aliphatic carbocycles. The van der Waals surface area contributed by atoms with Crippen molar-refractivity contribution in [3.8, 4) is 22.4 Å². The Bertz CT molecular complexity index is 785. The van der Waals surface area contributed by atoms with Crippen LogP contribution in [0.5, 0.6) is 0 Å². The number of nitrogens with one attached hydrogen (secondary N) is 3. The summed E-state index contributed by atoms with van der Waals surface area (Å²) < 4.78 is 0. The smallest absolute Gasteiger partial charge is 0.122 e. The predicted molar refractivity (Wildman–Crippen MR) is 93.7 cm³/mol. The van der Waals surface area contributed by atoms with Crippen molar-refractivity contribution in [1.82, 2.24) is 4.98 Å². The first-order valence-corrected chi connectivity index (χ1v) is 7.12. The van der Waals surface area contributed by atoms with Crippen LogP contribution in [0.2, 0.25) is 0 Å². The van der Waals surface area contributed by atoms with Crippen LogP contribution in [-0.4, -0.2) is 16.7 Å². The topological polar surface area (TPSA) is 116 Å². The highest BCUT2D eigenvalue weighted by molar-refractivity contribution is 5.96. The van der Waals surface area contributed by atoms with E-state index in [1.165, 1.54) is 0 Å². The molecule has 2 aromatic carbocycles. The molecule has 0 saturated heterocycles. The van der Waals surface area contributed by atoms with Gasteiger partial charge in [0.1, 0.15) is 11.7 Å². The lowest BCUT2D eigenvalue weighted by Gasteiger charge is -2.01. The van der Waals surface area contributed by atoms with Gasteiger partial charge in [0, 0.05) is 23.0 Å². The summed E-state index contributed by atoms with van der Waals surface area (Å²) in [5.41, 5.74) is 16.5. The Morgan fingerprint density at radius 1 is 0.696 bits per heavy atom. The minimum atomic E-state index is 0.0642. The summed E-state index contributed by atoms with van der Waals surface area (Å²) in [7, 11) is 0. The van der Waals surface area contributed by atoms with Crippen LogP contribution >= 0.6 is 0 Å². The van der Waals surface area contributed by atoms with E-state index in [0.29, 0.717) is 11.1 Å². The zero-order valence-electron chi connectivity index (χ0n) is 12.4. The Hall–Kier alpha value is -3.34. The van der Waals surface area contributed by atoms with Gasteiger partial charge in [0.15, 0.2) is 0 Å². The van der Waals surface area contributed by atoms with Crippen LogP contribution in [0.3, 0.4) is 0 Å². The second kappa shape index (κ2) is 5.81. The highest BCUT2D eigenvalue weighted by Crippen LogP contribution is 2.26. The molecule has 0 radical (unpaired) electrons. The minimum Gasteiger partial charge on any atom is -0.384 e. The van der Waals surface area contributed by atoms with Gasteiger partial charge >= 0.3 is 0 Å². The Kier molecular flexibility index (Phi) is 3.68. The van der Waals surface area contributed by atoms with E-state index in [2.05, 4.69) is 11.1 Å². The number of rotatable bonds is 4. The third-order valence-electron chi connectivity index (χ3n) is 3.72. The maximum atomic E-state index is 7.42. The lowest BCUT2D eigenvalue weighted by Crippen LogP contribution is -2.10. The zero-order chi connectivity index (χ0) is 16.4. The molecule has 0 saturated carbocycles. The number of hydrogen-bond acceptors (Lipinski definition) is 2. The molecule has 0 aliphatic heterocycles. The van der Waals surface area contributed by atoms with Crippen LogP contribution in [-0.2, 0) is 0 Å². The van der Waals surface area contributed by atoms with Gasteiger partial charge in [-0.1, -0.05) is 48.5 Å². The van der Waals surface area contributed by atoms with Crippen LogP contribution in [0.15, 0.2) is 60.8 Å². The van der Waals surface area contributed by atoms with E-state index in [1.54, 1.807) is 0 Å². The van der Waals surface area contributed by atoms with Crippen molar-refractivity contribution in [2.75, 3.05) is 0 Å². The first-order valence-electron chi connectivity index (χ1n) is 7.12. The molecular formula is C18H17N5. The van der Waals surface area contributed by atoms with Gasteiger partial charge in [-0.2, -0.15) is 0 Å². The van der Waals surface area contributed by atoms with E-state index in [-0.39, 0.29) is 11.7 Å². The van der Waals surface area contributed by atoms with Crippen molar-refractivity contribution >= 4 is 11.7 Å². The fourth-order valence-corrected chi connectivity index (χ4v) is 2.40. The van der Waals surface area contributed by atoms with Crippen molar-refractivity contribution in [2.45, 2.75) is 0 Å². The largest absolute Gasteiger partial charge is 0.384 e. The third kappa shape index (κ3) is 2.98. The van der Waals surface area contributed by atoms with E-state index in [1.807, 2.05) is 54.7 Å². The third-order valence-corrected chi connectivity index (χ3v) is 3.72. The maximum Gasteiger partial charge on any atom is 0.122 e. The first-order chi connectivity index (χ1) is 11.0. The van der Waals surface area contributed by atoms with E-state index in [4.69, 9.17) is 22.3 Å². The molecule has 0 bridgehead atoms. The van der Waals surface area contributed by atoms with Crippen molar-refractivity contribution in [2.24, 2.45) is 11.5 Å². The molecule has 3 rings (SSSR count). The van der Waals surface area contributed by atoms with Gasteiger partial charge in [0.2, 0.25) is 0 Å². The van der Waals surface area contributed by atoms with Crippen molar-refractivity contribution in [1.29, 1.82) is 10.8 Å². The Labute approximate surface area is 134 Å². The lowest BCUT2D eigenvalue weighted by atomic mass is 10.0. The monoisotopic (exact) mass is 303 g/mol. The van der Waals surface area contributed by atoms with Gasteiger partial charge < -0.3 is 16.5 Å². The molecule has 0 fully saturated rings. The van der Waals surface area contributed by atoms with Crippen LogP contribution in [0.25, 0.3) is 22.4 Å². The number of hydrogen-bond donors (Lipinski definition) is 5. The first kappa shape index (κ1) is 14.6. The standard InChI is InChI=1S/C18H17N5/c19-17(20)13-5-1-11(2-6-13)15-9-16(23-10-15)12-3-7-14(8-4-12)18(21)22/h1-10,23H,(H3,19,20)(H3,21,22). The van der Waals surface area contributed by atoms with Gasteiger partial charge in [-0.15, -0.1) is 0 Å². The molecule has 0 unspecified atom stereocenters. The predicted octanol–water partition coefficient (Wildman–Crippen LogP) is 2.92. The molecule has 1 aromatic heterocycles. The molecule has 5 heteroatoms. The highest BCUT2D eigenvalue weighted by atomic mass is 14.7. The van der Waals surface area contributed by atoms with E-state index >= 15 is 0 Å². The van der Waals surface area contributed by atoms with Gasteiger partial charge in [0.05, 0.1) is 0 Å². The van der Waals surface area contributed by atoms with Crippen molar-refractivity contribution in [3.63, 3.8) is 0 Å². The molecule has 0 spiro atoms.